The lowest BCUT2D eigenvalue weighted by molar-refractivity contribution is -0.121. The second-order valence-electron chi connectivity index (χ2n) is 7.35. The Morgan fingerprint density at radius 2 is 2.00 bits per heavy atom. The molecular formula is C20H31ClIN5O. The number of aliphatic imine (C=N–C) groups is 1. The number of halogens is 2. The van der Waals surface area contributed by atoms with Gasteiger partial charge in [0.25, 0.3) is 0 Å². The van der Waals surface area contributed by atoms with Crippen molar-refractivity contribution in [3.63, 3.8) is 0 Å². The summed E-state index contributed by atoms with van der Waals surface area (Å²) < 4.78 is 0. The van der Waals surface area contributed by atoms with Gasteiger partial charge in [-0.3, -0.25) is 9.79 Å². The second-order valence-corrected chi connectivity index (χ2v) is 7.79. The highest BCUT2D eigenvalue weighted by Crippen LogP contribution is 2.23. The van der Waals surface area contributed by atoms with Gasteiger partial charge in [0.15, 0.2) is 5.96 Å². The van der Waals surface area contributed by atoms with Gasteiger partial charge >= 0.3 is 0 Å². The zero-order valence-electron chi connectivity index (χ0n) is 16.4. The van der Waals surface area contributed by atoms with Crippen molar-refractivity contribution in [2.75, 3.05) is 31.6 Å². The highest BCUT2D eigenvalue weighted by atomic mass is 127. The van der Waals surface area contributed by atoms with Crippen LogP contribution >= 0.6 is 35.6 Å². The molecule has 1 aliphatic heterocycles. The van der Waals surface area contributed by atoms with E-state index in [4.69, 9.17) is 11.6 Å². The number of carbonyl (C=O) groups is 1. The normalized spacial score (nSPS) is 20.0. The van der Waals surface area contributed by atoms with Gasteiger partial charge in [-0.25, -0.2) is 0 Å². The van der Waals surface area contributed by atoms with Crippen LogP contribution in [0.5, 0.6) is 0 Å². The molecule has 0 radical (unpaired) electrons. The summed E-state index contributed by atoms with van der Waals surface area (Å²) in [7, 11) is 1.76. The second kappa shape index (κ2) is 11.7. The van der Waals surface area contributed by atoms with Gasteiger partial charge in [-0.2, -0.15) is 0 Å². The van der Waals surface area contributed by atoms with Crippen LogP contribution in [-0.2, 0) is 4.79 Å². The third-order valence-corrected chi connectivity index (χ3v) is 5.53. The van der Waals surface area contributed by atoms with Gasteiger partial charge in [0.1, 0.15) is 0 Å². The van der Waals surface area contributed by atoms with Crippen LogP contribution < -0.4 is 20.9 Å². The first kappa shape index (κ1) is 23.1. The SMILES string of the molecule is CN=C(NCCC(=O)NC1CCCC1)NC1CCN(c2cccc(Cl)c2)C1.I. The van der Waals surface area contributed by atoms with Crippen molar-refractivity contribution in [1.82, 2.24) is 16.0 Å². The lowest BCUT2D eigenvalue weighted by Gasteiger charge is -2.20. The Balaban J connectivity index is 0.00000280. The quantitative estimate of drug-likeness (QED) is 0.307. The maximum Gasteiger partial charge on any atom is 0.221 e. The molecule has 28 heavy (non-hydrogen) atoms. The number of hydrogen-bond donors (Lipinski definition) is 3. The Morgan fingerprint density at radius 1 is 1.21 bits per heavy atom. The molecule has 0 spiro atoms. The van der Waals surface area contributed by atoms with Crippen LogP contribution in [0.1, 0.15) is 38.5 Å². The molecule has 1 aromatic carbocycles. The summed E-state index contributed by atoms with van der Waals surface area (Å²) in [5.74, 6) is 0.875. The summed E-state index contributed by atoms with van der Waals surface area (Å²) in [4.78, 5) is 18.6. The van der Waals surface area contributed by atoms with Crippen LogP contribution in [0.15, 0.2) is 29.3 Å². The van der Waals surface area contributed by atoms with E-state index in [1.165, 1.54) is 12.8 Å². The molecule has 1 aliphatic carbocycles. The highest BCUT2D eigenvalue weighted by Gasteiger charge is 2.23. The Morgan fingerprint density at radius 3 is 2.71 bits per heavy atom. The van der Waals surface area contributed by atoms with Crippen molar-refractivity contribution in [2.45, 2.75) is 50.6 Å². The van der Waals surface area contributed by atoms with E-state index in [1.807, 2.05) is 18.2 Å². The van der Waals surface area contributed by atoms with E-state index in [2.05, 4.69) is 31.9 Å². The Bertz CT molecular complexity index is 666. The van der Waals surface area contributed by atoms with E-state index >= 15 is 0 Å². The molecular weight excluding hydrogens is 489 g/mol. The summed E-state index contributed by atoms with van der Waals surface area (Å²) in [6.45, 7) is 2.48. The van der Waals surface area contributed by atoms with Crippen molar-refractivity contribution < 1.29 is 4.79 Å². The Kier molecular flexibility index (Phi) is 9.64. The van der Waals surface area contributed by atoms with Gasteiger partial charge in [-0.05, 0) is 37.5 Å². The van der Waals surface area contributed by atoms with E-state index in [0.29, 0.717) is 25.0 Å². The number of hydrogen-bond acceptors (Lipinski definition) is 3. The zero-order chi connectivity index (χ0) is 19.1. The van der Waals surface area contributed by atoms with Gasteiger partial charge in [-0.15, -0.1) is 24.0 Å². The van der Waals surface area contributed by atoms with Crippen molar-refractivity contribution >= 4 is 53.1 Å². The molecule has 1 saturated heterocycles. The first-order valence-electron chi connectivity index (χ1n) is 9.91. The Hall–Kier alpha value is -1.22. The zero-order valence-corrected chi connectivity index (χ0v) is 19.5. The summed E-state index contributed by atoms with van der Waals surface area (Å²) in [6.07, 6.45) is 6.20. The number of amides is 1. The molecule has 1 amide bonds. The van der Waals surface area contributed by atoms with Crippen molar-refractivity contribution in [2.24, 2.45) is 4.99 Å². The molecule has 3 N–H and O–H groups in total. The predicted octanol–water partition coefficient (Wildman–Crippen LogP) is 3.15. The van der Waals surface area contributed by atoms with Crippen molar-refractivity contribution in [1.29, 1.82) is 0 Å². The third kappa shape index (κ3) is 6.99. The molecule has 2 aliphatic rings. The first-order chi connectivity index (χ1) is 13.1. The minimum Gasteiger partial charge on any atom is -0.369 e. The van der Waals surface area contributed by atoms with E-state index < -0.39 is 0 Å². The molecule has 156 valence electrons. The van der Waals surface area contributed by atoms with Gasteiger partial charge < -0.3 is 20.9 Å². The minimum atomic E-state index is 0. The fraction of sp³-hybridized carbons (Fsp3) is 0.600. The number of benzene rings is 1. The van der Waals surface area contributed by atoms with Crippen LogP contribution in [0.25, 0.3) is 0 Å². The standard InChI is InChI=1S/C20H30ClN5O.HI/c1-22-20(23-11-9-19(27)24-16-6-2-3-7-16)25-17-10-12-26(14-17)18-8-4-5-15(21)13-18;/h4-5,8,13,16-17H,2-3,6-7,9-12,14H2,1H3,(H,24,27)(H2,22,23,25);1H. The average molecular weight is 520 g/mol. The molecule has 3 rings (SSSR count). The monoisotopic (exact) mass is 519 g/mol. The van der Waals surface area contributed by atoms with Crippen LogP contribution in [0.4, 0.5) is 5.69 Å². The van der Waals surface area contributed by atoms with Gasteiger partial charge in [0, 0.05) is 55.9 Å². The molecule has 1 heterocycles. The summed E-state index contributed by atoms with van der Waals surface area (Å²) in [5.41, 5.74) is 1.15. The van der Waals surface area contributed by atoms with Crippen LogP contribution in [0.3, 0.4) is 0 Å². The maximum absolute atomic E-state index is 12.0. The molecule has 1 saturated carbocycles. The Labute approximate surface area is 189 Å². The van der Waals surface area contributed by atoms with Gasteiger partial charge in [-0.1, -0.05) is 30.5 Å². The first-order valence-corrected chi connectivity index (χ1v) is 10.3. The number of anilines is 1. The minimum absolute atomic E-state index is 0. The van der Waals surface area contributed by atoms with Crippen LogP contribution in [0, 0.1) is 0 Å². The number of rotatable bonds is 6. The topological polar surface area (TPSA) is 68.8 Å². The average Bonchev–Trinajstić information content (AvgIpc) is 3.33. The van der Waals surface area contributed by atoms with E-state index in [0.717, 1.165) is 49.0 Å². The smallest absolute Gasteiger partial charge is 0.221 e. The maximum atomic E-state index is 12.0. The summed E-state index contributed by atoms with van der Waals surface area (Å²) in [6, 6.07) is 8.67. The molecule has 2 fully saturated rings. The number of carbonyl (C=O) groups excluding carboxylic acids is 1. The fourth-order valence-corrected chi connectivity index (χ4v) is 4.02. The number of nitrogens with one attached hydrogen (secondary N) is 3. The van der Waals surface area contributed by atoms with Gasteiger partial charge in [0.05, 0.1) is 0 Å². The largest absolute Gasteiger partial charge is 0.369 e. The van der Waals surface area contributed by atoms with Crippen LogP contribution in [-0.4, -0.2) is 50.6 Å². The van der Waals surface area contributed by atoms with E-state index in [9.17, 15) is 4.79 Å². The lowest BCUT2D eigenvalue weighted by Crippen LogP contribution is -2.45. The van der Waals surface area contributed by atoms with Crippen LogP contribution in [0.2, 0.25) is 5.02 Å². The predicted molar refractivity (Wildman–Crippen MR) is 127 cm³/mol. The molecule has 1 aromatic rings. The number of guanidine groups is 1. The summed E-state index contributed by atoms with van der Waals surface area (Å²) >= 11 is 6.10. The molecule has 0 aromatic heterocycles. The third-order valence-electron chi connectivity index (χ3n) is 5.29. The van der Waals surface area contributed by atoms with E-state index in [1.54, 1.807) is 7.05 Å². The number of nitrogens with zero attached hydrogens (tertiary/aromatic N) is 2. The van der Waals surface area contributed by atoms with Gasteiger partial charge in [0.2, 0.25) is 5.91 Å². The summed E-state index contributed by atoms with van der Waals surface area (Å²) in [5, 5.41) is 10.6. The molecule has 0 bridgehead atoms. The molecule has 1 unspecified atom stereocenters. The fourth-order valence-electron chi connectivity index (χ4n) is 3.84. The van der Waals surface area contributed by atoms with E-state index in [-0.39, 0.29) is 29.9 Å². The lowest BCUT2D eigenvalue weighted by atomic mass is 10.2. The van der Waals surface area contributed by atoms with Crippen molar-refractivity contribution in [3.8, 4) is 0 Å². The highest BCUT2D eigenvalue weighted by molar-refractivity contribution is 14.0. The van der Waals surface area contributed by atoms with Crippen molar-refractivity contribution in [3.05, 3.63) is 29.3 Å². The molecule has 6 nitrogen and oxygen atoms in total. The molecule has 1 atom stereocenters. The molecule has 8 heteroatoms.